The molecule has 0 amide bonds. The van der Waals surface area contributed by atoms with E-state index in [1.54, 1.807) is 12.5 Å². The molecule has 0 bridgehead atoms. The summed E-state index contributed by atoms with van der Waals surface area (Å²) < 4.78 is 12.1. The first kappa shape index (κ1) is 12.6. The van der Waals surface area contributed by atoms with Crippen LogP contribution in [0.25, 0.3) is 34.0 Å². The first-order valence-corrected chi connectivity index (χ1v) is 6.77. The lowest BCUT2D eigenvalue weighted by Gasteiger charge is -2.03. The van der Waals surface area contributed by atoms with Crippen molar-refractivity contribution >= 4 is 16.9 Å². The van der Waals surface area contributed by atoms with Gasteiger partial charge in [0.25, 0.3) is 0 Å². The molecule has 8 nitrogen and oxygen atoms in total. The molecule has 4 aromatic rings. The number of anilines is 1. The number of pyridine rings is 1. The van der Waals surface area contributed by atoms with Crippen LogP contribution in [0.1, 0.15) is 6.92 Å². The van der Waals surface area contributed by atoms with Gasteiger partial charge >= 0.3 is 0 Å². The summed E-state index contributed by atoms with van der Waals surface area (Å²) in [5.41, 5.74) is 8.52. The first-order valence-electron chi connectivity index (χ1n) is 6.77. The van der Waals surface area contributed by atoms with E-state index < -0.39 is 0 Å². The van der Waals surface area contributed by atoms with Crippen molar-refractivity contribution in [3.63, 3.8) is 0 Å². The molecule has 2 N–H and O–H groups in total. The molecule has 110 valence electrons. The fourth-order valence-electron chi connectivity index (χ4n) is 2.50. The second-order valence-corrected chi connectivity index (χ2v) is 4.68. The molecule has 0 aliphatic rings. The minimum atomic E-state index is 0.206. The van der Waals surface area contributed by atoms with Gasteiger partial charge in [-0.25, -0.2) is 9.61 Å². The van der Waals surface area contributed by atoms with Gasteiger partial charge in [0.15, 0.2) is 23.1 Å². The number of fused-ring (bicyclic) bond motifs is 1. The highest BCUT2D eigenvalue weighted by atomic mass is 16.6. The Hall–Kier alpha value is -3.16. The van der Waals surface area contributed by atoms with Gasteiger partial charge in [-0.15, -0.1) is 0 Å². The molecule has 0 unspecified atom stereocenters. The van der Waals surface area contributed by atoms with Crippen LogP contribution in [-0.2, 0) is 6.54 Å². The van der Waals surface area contributed by atoms with Crippen LogP contribution in [0.2, 0.25) is 0 Å². The Balaban J connectivity index is 2.04. The van der Waals surface area contributed by atoms with E-state index in [0.29, 0.717) is 29.5 Å². The summed E-state index contributed by atoms with van der Waals surface area (Å²) >= 11 is 0. The summed E-state index contributed by atoms with van der Waals surface area (Å²) in [5.74, 6) is 1.46. The second-order valence-electron chi connectivity index (χ2n) is 4.68. The summed E-state index contributed by atoms with van der Waals surface area (Å²) in [4.78, 5) is 9.02. The highest BCUT2D eigenvalue weighted by Gasteiger charge is 2.21. The fourth-order valence-corrected chi connectivity index (χ4v) is 2.50. The van der Waals surface area contributed by atoms with Crippen LogP contribution in [0.5, 0.6) is 0 Å². The van der Waals surface area contributed by atoms with E-state index in [0.717, 1.165) is 11.0 Å². The van der Waals surface area contributed by atoms with Gasteiger partial charge in [0.05, 0.1) is 11.8 Å². The lowest BCUT2D eigenvalue weighted by molar-refractivity contribution is 0.310. The highest BCUT2D eigenvalue weighted by Crippen LogP contribution is 2.31. The Morgan fingerprint density at radius 3 is 2.82 bits per heavy atom. The van der Waals surface area contributed by atoms with Crippen LogP contribution in [-0.4, -0.2) is 24.8 Å². The Morgan fingerprint density at radius 2 is 2.14 bits per heavy atom. The second kappa shape index (κ2) is 4.69. The zero-order chi connectivity index (χ0) is 15.1. The Labute approximate surface area is 124 Å². The van der Waals surface area contributed by atoms with Crippen molar-refractivity contribution in [3.05, 3.63) is 30.7 Å². The van der Waals surface area contributed by atoms with Crippen molar-refractivity contribution in [1.82, 2.24) is 24.8 Å². The van der Waals surface area contributed by atoms with Crippen molar-refractivity contribution in [2.75, 3.05) is 5.73 Å². The van der Waals surface area contributed by atoms with Crippen LogP contribution in [0.3, 0.4) is 0 Å². The molecule has 0 saturated heterocycles. The summed E-state index contributed by atoms with van der Waals surface area (Å²) in [6.07, 6.45) is 3.33. The number of furan rings is 1. The van der Waals surface area contributed by atoms with Crippen molar-refractivity contribution in [2.45, 2.75) is 13.5 Å². The van der Waals surface area contributed by atoms with Gasteiger partial charge in [0.1, 0.15) is 11.2 Å². The first-order chi connectivity index (χ1) is 10.8. The van der Waals surface area contributed by atoms with Crippen molar-refractivity contribution in [1.29, 1.82) is 0 Å². The smallest absolute Gasteiger partial charge is 0.199 e. The van der Waals surface area contributed by atoms with Crippen LogP contribution in [0, 0.1) is 0 Å². The van der Waals surface area contributed by atoms with Crippen LogP contribution < -0.4 is 5.73 Å². The topological polar surface area (TPSA) is 109 Å². The van der Waals surface area contributed by atoms with Gasteiger partial charge in [0, 0.05) is 12.7 Å². The summed E-state index contributed by atoms with van der Waals surface area (Å²) in [6, 6.07) is 5.55. The predicted molar refractivity (Wildman–Crippen MR) is 78.6 cm³/mol. The molecule has 0 aliphatic heterocycles. The van der Waals surface area contributed by atoms with E-state index in [4.69, 9.17) is 10.2 Å². The van der Waals surface area contributed by atoms with E-state index >= 15 is 0 Å². The molecule has 0 aliphatic carbocycles. The van der Waals surface area contributed by atoms with Gasteiger partial charge < -0.3 is 14.7 Å². The van der Waals surface area contributed by atoms with E-state index in [-0.39, 0.29) is 5.82 Å². The maximum absolute atomic E-state index is 5.80. The van der Waals surface area contributed by atoms with Crippen molar-refractivity contribution < 1.29 is 9.05 Å². The monoisotopic (exact) mass is 296 g/mol. The van der Waals surface area contributed by atoms with Crippen molar-refractivity contribution in [2.24, 2.45) is 0 Å². The normalized spacial score (nSPS) is 11.3. The summed E-state index contributed by atoms with van der Waals surface area (Å²) in [6.45, 7) is 2.71. The minimum absolute atomic E-state index is 0.206. The van der Waals surface area contributed by atoms with E-state index in [2.05, 4.69) is 24.9 Å². The third-order valence-electron chi connectivity index (χ3n) is 3.46. The molecule has 4 heterocycles. The van der Waals surface area contributed by atoms with E-state index in [1.807, 2.05) is 29.7 Å². The molecule has 0 spiro atoms. The number of hydrogen-bond donors (Lipinski definition) is 1. The molecule has 0 radical (unpaired) electrons. The summed E-state index contributed by atoms with van der Waals surface area (Å²) in [7, 11) is 0. The quantitative estimate of drug-likeness (QED) is 0.618. The third kappa shape index (κ3) is 1.70. The molecule has 22 heavy (non-hydrogen) atoms. The predicted octanol–water partition coefficient (Wildman–Crippen LogP) is 2.34. The van der Waals surface area contributed by atoms with Gasteiger partial charge in [-0.1, -0.05) is 0 Å². The minimum Gasteiger partial charge on any atom is -0.463 e. The zero-order valence-electron chi connectivity index (χ0n) is 11.7. The lowest BCUT2D eigenvalue weighted by atomic mass is 10.2. The average molecular weight is 296 g/mol. The number of aryl methyl sites for hydroxylation is 1. The number of imidazole rings is 1. The van der Waals surface area contributed by atoms with Gasteiger partial charge in [-0.3, -0.25) is 4.98 Å². The van der Waals surface area contributed by atoms with Crippen LogP contribution in [0.4, 0.5) is 5.82 Å². The average Bonchev–Trinajstić information content (AvgIpc) is 3.25. The zero-order valence-corrected chi connectivity index (χ0v) is 11.7. The fraction of sp³-hybridized carbons (Fsp3) is 0.143. The number of nitrogen functional groups attached to an aromatic ring is 1. The number of rotatable bonds is 3. The molecule has 8 heteroatoms. The van der Waals surface area contributed by atoms with Gasteiger partial charge in [-0.2, -0.15) is 0 Å². The number of nitrogens with two attached hydrogens (primary N) is 1. The molecular formula is C14H12N6O2. The molecule has 0 atom stereocenters. The molecule has 4 aromatic heterocycles. The lowest BCUT2D eigenvalue weighted by Crippen LogP contribution is -1.99. The van der Waals surface area contributed by atoms with E-state index in [1.165, 1.54) is 0 Å². The molecule has 0 saturated carbocycles. The standard InChI is InChI=1S/C14H12N6O2/c1-2-20-8-5-6-16-11(9-4-3-7-21-9)10(8)17-14(20)12-13(15)19-22-18-12/h3-7H,2H2,1H3,(H2,15,19). The number of nitrogens with zero attached hydrogens (tertiary/aromatic N) is 5. The number of hydrogen-bond acceptors (Lipinski definition) is 7. The largest absolute Gasteiger partial charge is 0.463 e. The van der Waals surface area contributed by atoms with Crippen LogP contribution in [0.15, 0.2) is 39.7 Å². The molecule has 4 rings (SSSR count). The molecular weight excluding hydrogens is 284 g/mol. The Kier molecular flexibility index (Phi) is 2.68. The van der Waals surface area contributed by atoms with E-state index in [9.17, 15) is 0 Å². The van der Waals surface area contributed by atoms with Gasteiger partial charge in [-0.05, 0) is 35.4 Å². The molecule has 0 aromatic carbocycles. The third-order valence-corrected chi connectivity index (χ3v) is 3.46. The van der Waals surface area contributed by atoms with Gasteiger partial charge in [0.2, 0.25) is 0 Å². The molecule has 0 fully saturated rings. The van der Waals surface area contributed by atoms with Crippen molar-refractivity contribution in [3.8, 4) is 23.0 Å². The highest BCUT2D eigenvalue weighted by molar-refractivity contribution is 5.91. The Bertz CT molecular complexity index is 938. The Morgan fingerprint density at radius 1 is 1.23 bits per heavy atom. The maximum Gasteiger partial charge on any atom is 0.199 e. The summed E-state index contributed by atoms with van der Waals surface area (Å²) in [5, 5.41) is 7.46. The number of aromatic nitrogens is 5. The SMILES string of the molecule is CCn1c(-c2nonc2N)nc2c(-c3ccco3)nccc21. The van der Waals surface area contributed by atoms with Crippen LogP contribution >= 0.6 is 0 Å². The maximum atomic E-state index is 5.80.